The molecule has 122 valence electrons. The summed E-state index contributed by atoms with van der Waals surface area (Å²) in [5.74, 6) is -0.0993. The van der Waals surface area contributed by atoms with Gasteiger partial charge >= 0.3 is 0 Å². The lowest BCUT2D eigenvalue weighted by Crippen LogP contribution is -2.10. The Morgan fingerprint density at radius 3 is 2.46 bits per heavy atom. The minimum absolute atomic E-state index is 0.0458. The second-order valence-corrected chi connectivity index (χ2v) is 6.33. The van der Waals surface area contributed by atoms with E-state index in [1.807, 2.05) is 43.5 Å². The first kappa shape index (κ1) is 16.3. The van der Waals surface area contributed by atoms with E-state index in [4.69, 9.17) is 0 Å². The van der Waals surface area contributed by atoms with Gasteiger partial charge in [-0.15, -0.1) is 11.8 Å². The lowest BCUT2D eigenvalue weighted by atomic mass is 10.0. The monoisotopic (exact) mass is 339 g/mol. The summed E-state index contributed by atoms with van der Waals surface area (Å²) in [5.41, 5.74) is 2.56. The van der Waals surface area contributed by atoms with E-state index in [-0.39, 0.29) is 17.3 Å². The fraction of sp³-hybridized carbons (Fsp3) is 0.167. The summed E-state index contributed by atoms with van der Waals surface area (Å²) in [6.07, 6.45) is 2.00. The highest BCUT2D eigenvalue weighted by molar-refractivity contribution is 7.98. The number of rotatable bonds is 5. The van der Waals surface area contributed by atoms with E-state index in [1.165, 1.54) is 6.07 Å². The van der Waals surface area contributed by atoms with Gasteiger partial charge in [-0.05, 0) is 48.7 Å². The van der Waals surface area contributed by atoms with Crippen LogP contribution in [0.5, 0.6) is 0 Å². The molecule has 0 saturated heterocycles. The van der Waals surface area contributed by atoms with Gasteiger partial charge in [0.2, 0.25) is 5.78 Å². The Labute approximate surface area is 143 Å². The molecule has 1 atom stereocenters. The van der Waals surface area contributed by atoms with E-state index < -0.39 is 0 Å². The summed E-state index contributed by atoms with van der Waals surface area (Å²) in [6, 6.07) is 14.3. The summed E-state index contributed by atoms with van der Waals surface area (Å²) < 4.78 is 0. The van der Waals surface area contributed by atoms with Crippen LogP contribution >= 0.6 is 11.8 Å². The van der Waals surface area contributed by atoms with E-state index in [0.717, 1.165) is 16.3 Å². The molecule has 24 heavy (non-hydrogen) atoms. The lowest BCUT2D eigenvalue weighted by Gasteiger charge is -2.08. The Morgan fingerprint density at radius 2 is 1.83 bits per heavy atom. The Hall–Kier alpha value is -2.60. The summed E-state index contributed by atoms with van der Waals surface area (Å²) >= 11 is 1.64. The number of carbonyl (C=O) groups is 1. The molecule has 0 spiro atoms. The van der Waals surface area contributed by atoms with Crippen molar-refractivity contribution in [1.29, 1.82) is 0 Å². The highest BCUT2D eigenvalue weighted by Crippen LogP contribution is 2.22. The van der Waals surface area contributed by atoms with Crippen LogP contribution in [-0.2, 0) is 0 Å². The number of ketones is 1. The Kier molecular flexibility index (Phi) is 4.66. The molecule has 0 aliphatic carbocycles. The van der Waals surface area contributed by atoms with E-state index in [0.29, 0.717) is 11.3 Å². The van der Waals surface area contributed by atoms with Gasteiger partial charge in [0.15, 0.2) is 0 Å². The minimum atomic E-state index is -0.234. The maximum atomic E-state index is 12.6. The molecular formula is C18H17N3O2S. The van der Waals surface area contributed by atoms with Crippen molar-refractivity contribution in [2.24, 2.45) is 0 Å². The third-order valence-corrected chi connectivity index (χ3v) is 4.66. The first-order chi connectivity index (χ1) is 11.6. The second kappa shape index (κ2) is 6.88. The molecule has 0 fully saturated rings. The predicted octanol–water partition coefficient (Wildman–Crippen LogP) is 3.20. The number of aromatic amines is 2. The zero-order chi connectivity index (χ0) is 17.1. The van der Waals surface area contributed by atoms with E-state index in [9.17, 15) is 9.59 Å². The third-order valence-electron chi connectivity index (χ3n) is 3.92. The molecular weight excluding hydrogens is 322 g/mol. The van der Waals surface area contributed by atoms with Crippen LogP contribution in [0, 0.1) is 0 Å². The number of benzene rings is 1. The van der Waals surface area contributed by atoms with Crippen molar-refractivity contribution in [3.05, 3.63) is 81.5 Å². The molecule has 5 nitrogen and oxygen atoms in total. The number of nitrogens with one attached hydrogen (secondary N) is 2. The maximum absolute atomic E-state index is 12.6. The van der Waals surface area contributed by atoms with Gasteiger partial charge in [-0.1, -0.05) is 6.92 Å². The molecule has 3 rings (SSSR count). The van der Waals surface area contributed by atoms with Crippen molar-refractivity contribution in [1.82, 2.24) is 15.2 Å². The standard InChI is InChI=1S/C18H17N3O2S/c1-11(15-9-10-17(22)21-20-15)14-7-8-16(19-14)18(23)12-3-5-13(24-2)6-4-12/h3-11,19H,1-2H3,(H,21,22). The molecule has 0 aliphatic heterocycles. The predicted molar refractivity (Wildman–Crippen MR) is 94.8 cm³/mol. The smallest absolute Gasteiger partial charge is 0.264 e. The van der Waals surface area contributed by atoms with E-state index in [1.54, 1.807) is 23.9 Å². The average Bonchev–Trinajstić information content (AvgIpc) is 3.11. The second-order valence-electron chi connectivity index (χ2n) is 5.45. The van der Waals surface area contributed by atoms with Gasteiger partial charge in [-0.2, -0.15) is 5.10 Å². The van der Waals surface area contributed by atoms with Gasteiger partial charge in [-0.3, -0.25) is 9.59 Å². The Bertz CT molecular complexity index is 892. The van der Waals surface area contributed by atoms with Crippen LogP contribution in [0.2, 0.25) is 0 Å². The number of nitrogens with zero attached hydrogens (tertiary/aromatic N) is 1. The molecule has 0 amide bonds. The number of carbonyl (C=O) groups excluding carboxylic acids is 1. The zero-order valence-electron chi connectivity index (χ0n) is 13.4. The van der Waals surface area contributed by atoms with Crippen LogP contribution in [-0.4, -0.2) is 27.2 Å². The summed E-state index contributed by atoms with van der Waals surface area (Å²) in [5, 5.41) is 6.47. The number of thioether (sulfide) groups is 1. The topological polar surface area (TPSA) is 78.6 Å². The number of aromatic nitrogens is 3. The van der Waals surface area contributed by atoms with Crippen molar-refractivity contribution in [3.8, 4) is 0 Å². The first-order valence-electron chi connectivity index (χ1n) is 7.52. The van der Waals surface area contributed by atoms with Crippen LogP contribution in [0.4, 0.5) is 0 Å². The molecule has 1 aromatic carbocycles. The van der Waals surface area contributed by atoms with Gasteiger partial charge in [0, 0.05) is 28.1 Å². The summed E-state index contributed by atoms with van der Waals surface area (Å²) in [6.45, 7) is 1.97. The molecule has 3 aromatic rings. The molecule has 0 aliphatic rings. The number of H-pyrrole nitrogens is 2. The van der Waals surface area contributed by atoms with Crippen LogP contribution in [0.1, 0.15) is 40.3 Å². The Morgan fingerprint density at radius 1 is 1.08 bits per heavy atom. The van der Waals surface area contributed by atoms with Crippen molar-refractivity contribution in [2.45, 2.75) is 17.7 Å². The highest BCUT2D eigenvalue weighted by atomic mass is 32.2. The normalized spacial score (nSPS) is 12.1. The van der Waals surface area contributed by atoms with Crippen LogP contribution in [0.3, 0.4) is 0 Å². The van der Waals surface area contributed by atoms with E-state index in [2.05, 4.69) is 15.2 Å². The fourth-order valence-corrected chi connectivity index (χ4v) is 2.86. The molecule has 1 unspecified atom stereocenters. The molecule has 0 bridgehead atoms. The average molecular weight is 339 g/mol. The third kappa shape index (κ3) is 3.33. The van der Waals surface area contributed by atoms with E-state index >= 15 is 0 Å². The van der Waals surface area contributed by atoms with Gasteiger partial charge in [0.25, 0.3) is 5.56 Å². The molecule has 2 aromatic heterocycles. The SMILES string of the molecule is CSc1ccc(C(=O)c2ccc(C(C)c3ccc(=O)[nH]n3)[nH]2)cc1. The first-order valence-corrected chi connectivity index (χ1v) is 8.74. The summed E-state index contributed by atoms with van der Waals surface area (Å²) in [4.78, 5) is 28.0. The fourth-order valence-electron chi connectivity index (χ4n) is 2.45. The maximum Gasteiger partial charge on any atom is 0.264 e. The number of hydrogen-bond donors (Lipinski definition) is 2. The molecule has 0 radical (unpaired) electrons. The minimum Gasteiger partial charge on any atom is -0.355 e. The van der Waals surface area contributed by atoms with Crippen molar-refractivity contribution in [3.63, 3.8) is 0 Å². The molecule has 2 N–H and O–H groups in total. The number of hydrogen-bond acceptors (Lipinski definition) is 4. The molecule has 2 heterocycles. The van der Waals surface area contributed by atoms with Crippen LogP contribution < -0.4 is 5.56 Å². The van der Waals surface area contributed by atoms with Crippen molar-refractivity contribution in [2.75, 3.05) is 6.26 Å². The highest BCUT2D eigenvalue weighted by Gasteiger charge is 2.16. The van der Waals surface area contributed by atoms with Crippen molar-refractivity contribution >= 4 is 17.5 Å². The molecule has 6 heteroatoms. The quantitative estimate of drug-likeness (QED) is 0.553. The van der Waals surface area contributed by atoms with Gasteiger partial charge in [0.05, 0.1) is 11.4 Å². The Balaban J connectivity index is 1.82. The van der Waals surface area contributed by atoms with Gasteiger partial charge in [-0.25, -0.2) is 5.10 Å². The zero-order valence-corrected chi connectivity index (χ0v) is 14.2. The van der Waals surface area contributed by atoms with Gasteiger partial charge in [0.1, 0.15) is 0 Å². The lowest BCUT2D eigenvalue weighted by molar-refractivity contribution is 0.103. The van der Waals surface area contributed by atoms with Crippen molar-refractivity contribution < 1.29 is 4.79 Å². The van der Waals surface area contributed by atoms with Crippen LogP contribution in [0.15, 0.2) is 58.2 Å². The van der Waals surface area contributed by atoms with Gasteiger partial charge < -0.3 is 4.98 Å². The van der Waals surface area contributed by atoms with Crippen LogP contribution in [0.25, 0.3) is 0 Å². The summed E-state index contributed by atoms with van der Waals surface area (Å²) in [7, 11) is 0. The largest absolute Gasteiger partial charge is 0.355 e. The molecule has 0 saturated carbocycles.